The van der Waals surface area contributed by atoms with Gasteiger partial charge in [-0.25, -0.2) is 4.58 Å². The molecule has 6 rings (SSSR count). The maximum atomic E-state index is 11.6. The Morgan fingerprint density at radius 2 is 1.44 bits per heavy atom. The van der Waals surface area contributed by atoms with Crippen LogP contribution in [-0.4, -0.2) is 50.2 Å². The molecule has 0 amide bonds. The van der Waals surface area contributed by atoms with E-state index in [9.17, 15) is 4.91 Å². The summed E-state index contributed by atoms with van der Waals surface area (Å²) < 4.78 is 14.8. The molecule has 0 saturated heterocycles. The summed E-state index contributed by atoms with van der Waals surface area (Å²) in [5, 5.41) is 5.10. The average molecular weight is 723 g/mol. The summed E-state index contributed by atoms with van der Waals surface area (Å²) in [6.07, 6.45) is 0. The van der Waals surface area contributed by atoms with Gasteiger partial charge in [-0.05, 0) is 64.4 Å². The van der Waals surface area contributed by atoms with E-state index in [0.717, 1.165) is 74.0 Å². The van der Waals surface area contributed by atoms with Crippen molar-refractivity contribution in [1.82, 2.24) is 4.58 Å². The monoisotopic (exact) mass is 722 g/mol. The quantitative estimate of drug-likeness (QED) is 0.0346. The lowest BCUT2D eigenvalue weighted by Gasteiger charge is -2.35. The summed E-state index contributed by atoms with van der Waals surface area (Å²) >= 11 is 3.72. The van der Waals surface area contributed by atoms with Crippen molar-refractivity contribution in [2.45, 2.75) is 28.5 Å². The van der Waals surface area contributed by atoms with Gasteiger partial charge in [0.2, 0.25) is 5.36 Å². The number of thioether (sulfide) groups is 2. The van der Waals surface area contributed by atoms with Crippen molar-refractivity contribution in [3.8, 4) is 22.5 Å². The zero-order valence-electron chi connectivity index (χ0n) is 29.1. The molecule has 4 aromatic rings. The molecule has 6 nitrogen and oxygen atoms in total. The second kappa shape index (κ2) is 16.7. The minimum atomic E-state index is -1.96. The summed E-state index contributed by atoms with van der Waals surface area (Å²) in [5.41, 5.74) is 5.04. The van der Waals surface area contributed by atoms with E-state index in [1.54, 1.807) is 0 Å². The van der Waals surface area contributed by atoms with E-state index in [0.29, 0.717) is 11.5 Å². The van der Waals surface area contributed by atoms with Crippen LogP contribution in [0.15, 0.2) is 146 Å². The highest BCUT2D eigenvalue weighted by Crippen LogP contribution is 2.60. The number of hydrogen-bond acceptors (Lipinski definition) is 7. The van der Waals surface area contributed by atoms with Crippen LogP contribution in [0.2, 0.25) is 0 Å². The molecule has 0 unspecified atom stereocenters. The maximum Gasteiger partial charge on any atom is 0.203 e. The van der Waals surface area contributed by atoms with Crippen LogP contribution in [0.3, 0.4) is 0 Å². The SMILES string of the molecule is CCS(CC)(ON=O)c1ccccc1-c1c2ccc(=[N+](C)CCSc3ccccc3)cc-2oc2cc(N(C)CCSc3ccccc3)ccc12. The highest BCUT2D eigenvalue weighted by atomic mass is 32.3. The summed E-state index contributed by atoms with van der Waals surface area (Å²) in [4.78, 5) is 17.5. The van der Waals surface area contributed by atoms with Crippen LogP contribution in [-0.2, 0) is 4.28 Å². The lowest BCUT2D eigenvalue weighted by atomic mass is 9.93. The van der Waals surface area contributed by atoms with Gasteiger partial charge in [-0.3, -0.25) is 0 Å². The second-order valence-electron chi connectivity index (χ2n) is 12.0. The molecule has 258 valence electrons. The number of benzene rings is 5. The van der Waals surface area contributed by atoms with Gasteiger partial charge < -0.3 is 13.6 Å². The fraction of sp³-hybridized carbons (Fsp3) is 0.244. The number of fused-ring (bicyclic) bond motifs is 2. The molecular weight excluding hydrogens is 679 g/mol. The van der Waals surface area contributed by atoms with Crippen molar-refractivity contribution >= 4 is 50.5 Å². The van der Waals surface area contributed by atoms with Crippen LogP contribution in [0.1, 0.15) is 13.8 Å². The van der Waals surface area contributed by atoms with Crippen LogP contribution < -0.4 is 14.8 Å². The van der Waals surface area contributed by atoms with Crippen molar-refractivity contribution < 1.29 is 8.70 Å². The van der Waals surface area contributed by atoms with Gasteiger partial charge in [0.25, 0.3) is 0 Å². The molecule has 0 fully saturated rings. The largest absolute Gasteiger partial charge is 0.456 e. The molecule has 0 spiro atoms. The summed E-state index contributed by atoms with van der Waals surface area (Å²) in [6, 6.07) is 42.4. The highest BCUT2D eigenvalue weighted by molar-refractivity contribution is 8.29. The van der Waals surface area contributed by atoms with Crippen LogP contribution in [0.4, 0.5) is 5.69 Å². The Morgan fingerprint density at radius 1 is 0.780 bits per heavy atom. The number of nitrogens with zero attached hydrogens (tertiary/aromatic N) is 3. The Balaban J connectivity index is 1.44. The third-order valence-corrected chi connectivity index (χ3v) is 14.5. The number of hydrogen-bond donors (Lipinski definition) is 0. The Labute approximate surface area is 305 Å². The van der Waals surface area contributed by atoms with E-state index in [2.05, 4.69) is 158 Å². The Morgan fingerprint density at radius 3 is 2.12 bits per heavy atom. The van der Waals surface area contributed by atoms with Crippen molar-refractivity contribution in [3.63, 3.8) is 0 Å². The smallest absolute Gasteiger partial charge is 0.203 e. The minimum absolute atomic E-state index is 0.686. The first kappa shape index (κ1) is 35.6. The van der Waals surface area contributed by atoms with Crippen LogP contribution in [0.25, 0.3) is 33.4 Å². The maximum absolute atomic E-state index is 11.6. The molecule has 1 heterocycles. The molecule has 0 saturated carbocycles. The van der Waals surface area contributed by atoms with Gasteiger partial charge in [0.05, 0.1) is 11.8 Å². The molecule has 4 aromatic carbocycles. The van der Waals surface area contributed by atoms with E-state index < -0.39 is 10.3 Å². The molecule has 0 atom stereocenters. The van der Waals surface area contributed by atoms with Gasteiger partial charge in [-0.1, -0.05) is 68.4 Å². The second-order valence-corrected chi connectivity index (χ2v) is 17.7. The van der Waals surface area contributed by atoms with E-state index in [4.69, 9.17) is 8.70 Å². The Hall–Kier alpha value is -4.18. The molecule has 50 heavy (non-hydrogen) atoms. The van der Waals surface area contributed by atoms with Gasteiger partial charge in [-0.15, -0.1) is 28.4 Å². The molecule has 0 radical (unpaired) electrons. The van der Waals surface area contributed by atoms with E-state index in [-0.39, 0.29) is 0 Å². The zero-order chi connectivity index (χ0) is 34.9. The van der Waals surface area contributed by atoms with Crippen LogP contribution in [0.5, 0.6) is 0 Å². The topological polar surface area (TPSA) is 58.0 Å². The van der Waals surface area contributed by atoms with Crippen molar-refractivity contribution in [2.24, 2.45) is 5.34 Å². The van der Waals surface area contributed by atoms with Crippen molar-refractivity contribution in [2.75, 3.05) is 55.1 Å². The minimum Gasteiger partial charge on any atom is -0.456 e. The fourth-order valence-electron chi connectivity index (χ4n) is 6.24. The van der Waals surface area contributed by atoms with E-state index >= 15 is 0 Å². The first-order chi connectivity index (χ1) is 24.5. The summed E-state index contributed by atoms with van der Waals surface area (Å²) in [5.74, 6) is 4.11. The zero-order valence-corrected chi connectivity index (χ0v) is 31.5. The molecule has 9 heteroatoms. The van der Waals surface area contributed by atoms with Crippen molar-refractivity contribution in [1.29, 1.82) is 0 Å². The number of rotatable bonds is 15. The average Bonchev–Trinajstić information content (AvgIpc) is 3.16. The fourth-order valence-corrected chi connectivity index (χ4v) is 10.5. The highest BCUT2D eigenvalue weighted by Gasteiger charge is 2.31. The Kier molecular flexibility index (Phi) is 11.9. The number of anilines is 1. The van der Waals surface area contributed by atoms with Crippen LogP contribution >= 0.6 is 33.8 Å². The summed E-state index contributed by atoms with van der Waals surface area (Å²) in [7, 11) is 2.31. The molecule has 0 bridgehead atoms. The lowest BCUT2D eigenvalue weighted by molar-refractivity contribution is 0.377. The van der Waals surface area contributed by atoms with E-state index in [1.807, 2.05) is 29.6 Å². The molecule has 1 aliphatic heterocycles. The van der Waals surface area contributed by atoms with Gasteiger partial charge in [0.1, 0.15) is 18.4 Å². The third kappa shape index (κ3) is 7.90. The predicted octanol–water partition coefficient (Wildman–Crippen LogP) is 10.4. The van der Waals surface area contributed by atoms with Crippen LogP contribution in [0, 0.1) is 4.91 Å². The Bertz CT molecular complexity index is 2080. The molecular formula is C41H44N3O3S3+. The lowest BCUT2D eigenvalue weighted by Crippen LogP contribution is -2.28. The first-order valence-corrected chi connectivity index (χ1v) is 20.8. The molecule has 2 aliphatic rings. The molecule has 0 N–H and O–H groups in total. The van der Waals surface area contributed by atoms with Gasteiger partial charge in [0, 0.05) is 79.9 Å². The van der Waals surface area contributed by atoms with Gasteiger partial charge in [-0.2, -0.15) is 0 Å². The summed E-state index contributed by atoms with van der Waals surface area (Å²) in [6.45, 7) is 5.93. The molecule has 0 aromatic heterocycles. The van der Waals surface area contributed by atoms with E-state index in [1.165, 1.54) is 9.79 Å². The van der Waals surface area contributed by atoms with Crippen molar-refractivity contribution in [3.05, 3.63) is 132 Å². The molecule has 1 aliphatic carbocycles. The standard InChI is InChI=1S/C41H44N3O3S3/c1-5-50(6-2,47-42-45)40-20-14-13-19-37(40)41-35-23-21-31(43(3)25-27-48-33-15-9-7-10-16-33)29-38(35)46-39-30-32(22-24-36(39)41)44(4)26-28-49-34-17-11-8-12-18-34/h7-24,29-30H,5-6,25-28H2,1-4H3/q+1. The third-order valence-electron chi connectivity index (χ3n) is 9.11. The normalized spacial score (nSPS) is 12.6. The predicted molar refractivity (Wildman–Crippen MR) is 216 cm³/mol. The van der Waals surface area contributed by atoms with Gasteiger partial charge >= 0.3 is 0 Å². The first-order valence-electron chi connectivity index (χ1n) is 17.0. The van der Waals surface area contributed by atoms with Gasteiger partial charge in [0.15, 0.2) is 11.9 Å².